The van der Waals surface area contributed by atoms with Gasteiger partial charge in [-0.2, -0.15) is 0 Å². The first-order valence-corrected chi connectivity index (χ1v) is 11.7. The van der Waals surface area contributed by atoms with E-state index in [1.807, 2.05) is 0 Å². The van der Waals surface area contributed by atoms with E-state index < -0.39 is 8.07 Å². The number of benzene rings is 2. The van der Waals surface area contributed by atoms with E-state index >= 15 is 0 Å². The third-order valence-corrected chi connectivity index (χ3v) is 13.9. The molecule has 1 fully saturated rings. The van der Waals surface area contributed by atoms with Crippen molar-refractivity contribution in [2.24, 2.45) is 0 Å². The van der Waals surface area contributed by atoms with Gasteiger partial charge in [-0.15, -0.1) is 0 Å². The average molecular weight is 329 g/mol. The fourth-order valence-corrected chi connectivity index (χ4v) is 11.1. The Bertz CT molecular complexity index is 856. The van der Waals surface area contributed by atoms with E-state index in [-0.39, 0.29) is 0 Å². The number of allylic oxidation sites excluding steroid dienone is 2. The summed E-state index contributed by atoms with van der Waals surface area (Å²) in [6, 6.07) is 18.2. The van der Waals surface area contributed by atoms with Gasteiger partial charge < -0.3 is 0 Å². The largest absolute Gasteiger partial charge is 0.0812 e. The molecule has 0 bridgehead atoms. The molecule has 1 heterocycles. The Balaban J connectivity index is 1.82. The van der Waals surface area contributed by atoms with Gasteiger partial charge in [0, 0.05) is 11.1 Å². The summed E-state index contributed by atoms with van der Waals surface area (Å²) in [4.78, 5) is 0. The highest BCUT2D eigenvalue weighted by Crippen LogP contribution is 2.68. The van der Waals surface area contributed by atoms with Gasteiger partial charge in [0.25, 0.3) is 0 Å². The first-order valence-electron chi connectivity index (χ1n) is 9.04. The summed E-state index contributed by atoms with van der Waals surface area (Å²) in [6.45, 7) is 10.1. The van der Waals surface area contributed by atoms with Gasteiger partial charge in [0.1, 0.15) is 0 Å². The Morgan fingerprint density at radius 1 is 0.708 bits per heavy atom. The molecule has 2 unspecified atom stereocenters. The Morgan fingerprint density at radius 2 is 1.12 bits per heavy atom. The molecule has 0 spiro atoms. The van der Waals surface area contributed by atoms with E-state index in [2.05, 4.69) is 88.0 Å². The maximum Gasteiger partial charge on any atom is 0.0812 e. The summed E-state index contributed by atoms with van der Waals surface area (Å²) in [5.74, 6) is 0. The molecule has 5 rings (SSSR count). The first-order chi connectivity index (χ1) is 11.4. The smallest absolute Gasteiger partial charge is 0.0673 e. The second-order valence-corrected chi connectivity index (χ2v) is 14.1. The predicted octanol–water partition coefficient (Wildman–Crippen LogP) is 6.32. The zero-order chi connectivity index (χ0) is 16.7. The molecule has 3 aliphatic rings. The van der Waals surface area contributed by atoms with Crippen molar-refractivity contribution in [2.45, 2.75) is 43.4 Å². The second kappa shape index (κ2) is 4.40. The van der Waals surface area contributed by atoms with Crippen LogP contribution in [0.25, 0.3) is 12.2 Å². The number of rotatable bonds is 0. The SMILES string of the molecule is CC(C)(C)[Si]1(C)C2C(=Cc3ccccc32)C2=Cc3ccccc3C21. The summed E-state index contributed by atoms with van der Waals surface area (Å²) in [6.07, 6.45) is 4.99. The van der Waals surface area contributed by atoms with Crippen LogP contribution >= 0.6 is 0 Å². The van der Waals surface area contributed by atoms with Crippen LogP contribution in [0.4, 0.5) is 0 Å². The Labute approximate surface area is 145 Å². The summed E-state index contributed by atoms with van der Waals surface area (Å²) < 4.78 is 0. The van der Waals surface area contributed by atoms with Crippen molar-refractivity contribution in [3.63, 3.8) is 0 Å². The van der Waals surface area contributed by atoms with Crippen LogP contribution < -0.4 is 0 Å². The average Bonchev–Trinajstić information content (AvgIpc) is 3.17. The standard InChI is InChI=1S/C23H24Si/c1-23(2,3)24(4)21-17-11-7-5-9-15(17)13-19(21)20-14-16-10-6-8-12-18(16)22(20)24/h5-14,21-22H,1-4H3. The Morgan fingerprint density at radius 3 is 1.54 bits per heavy atom. The highest BCUT2D eigenvalue weighted by Gasteiger charge is 2.62. The van der Waals surface area contributed by atoms with E-state index in [4.69, 9.17) is 0 Å². The molecule has 24 heavy (non-hydrogen) atoms. The molecule has 2 aromatic carbocycles. The minimum atomic E-state index is -1.69. The lowest BCUT2D eigenvalue weighted by Crippen LogP contribution is -2.48. The molecule has 1 aliphatic heterocycles. The number of fused-ring (bicyclic) bond motifs is 7. The van der Waals surface area contributed by atoms with Crippen LogP contribution in [0.3, 0.4) is 0 Å². The van der Waals surface area contributed by atoms with Crippen LogP contribution in [0.1, 0.15) is 54.1 Å². The first kappa shape index (κ1) is 14.5. The van der Waals surface area contributed by atoms with Crippen molar-refractivity contribution < 1.29 is 0 Å². The van der Waals surface area contributed by atoms with Crippen LogP contribution in [0, 0.1) is 0 Å². The van der Waals surface area contributed by atoms with Crippen LogP contribution in [-0.4, -0.2) is 8.07 Å². The molecule has 0 saturated carbocycles. The molecule has 2 aliphatic carbocycles. The molecule has 1 saturated heterocycles. The molecular weight excluding hydrogens is 304 g/mol. The Kier molecular flexibility index (Phi) is 2.65. The van der Waals surface area contributed by atoms with Crippen LogP contribution in [0.15, 0.2) is 59.7 Å². The molecule has 120 valence electrons. The van der Waals surface area contributed by atoms with E-state index in [9.17, 15) is 0 Å². The second-order valence-electron chi connectivity index (χ2n) is 8.86. The van der Waals surface area contributed by atoms with Gasteiger partial charge in [-0.05, 0) is 38.4 Å². The third kappa shape index (κ3) is 1.54. The molecule has 2 atom stereocenters. The number of hydrogen-bond acceptors (Lipinski definition) is 0. The highest BCUT2D eigenvalue weighted by molar-refractivity contribution is 6.87. The summed E-state index contributed by atoms with van der Waals surface area (Å²) in [7, 11) is -1.69. The predicted molar refractivity (Wildman–Crippen MR) is 106 cm³/mol. The van der Waals surface area contributed by atoms with E-state index in [0.717, 1.165) is 0 Å². The molecule has 0 radical (unpaired) electrons. The van der Waals surface area contributed by atoms with Crippen molar-refractivity contribution in [1.82, 2.24) is 0 Å². The zero-order valence-electron chi connectivity index (χ0n) is 14.9. The fourth-order valence-electron chi connectivity index (χ4n) is 5.47. The molecule has 0 aromatic heterocycles. The van der Waals surface area contributed by atoms with E-state index in [1.165, 1.54) is 11.1 Å². The summed E-state index contributed by atoms with van der Waals surface area (Å²) in [5.41, 5.74) is 10.6. The van der Waals surface area contributed by atoms with Crippen molar-refractivity contribution >= 4 is 20.2 Å². The summed E-state index contributed by atoms with van der Waals surface area (Å²) in [5, 5.41) is 0.353. The lowest BCUT2D eigenvalue weighted by atomic mass is 10.0. The van der Waals surface area contributed by atoms with Crippen molar-refractivity contribution in [3.8, 4) is 0 Å². The lowest BCUT2D eigenvalue weighted by molar-refractivity contribution is 0.692. The van der Waals surface area contributed by atoms with Gasteiger partial charge in [0.2, 0.25) is 0 Å². The molecule has 0 N–H and O–H groups in total. The van der Waals surface area contributed by atoms with Gasteiger partial charge in [-0.25, -0.2) is 0 Å². The van der Waals surface area contributed by atoms with Gasteiger partial charge >= 0.3 is 0 Å². The molecule has 1 heteroatoms. The molecular formula is C23H24Si. The fraction of sp³-hybridized carbons (Fsp3) is 0.304. The maximum atomic E-state index is 2.67. The lowest BCUT2D eigenvalue weighted by Gasteiger charge is -2.45. The Hall–Kier alpha value is -1.86. The monoisotopic (exact) mass is 328 g/mol. The normalized spacial score (nSPS) is 29.5. The van der Waals surface area contributed by atoms with Gasteiger partial charge in [-0.1, -0.05) is 88.0 Å². The van der Waals surface area contributed by atoms with E-state index in [1.54, 1.807) is 22.3 Å². The summed E-state index contributed by atoms with van der Waals surface area (Å²) >= 11 is 0. The van der Waals surface area contributed by atoms with Crippen LogP contribution in [-0.2, 0) is 0 Å². The van der Waals surface area contributed by atoms with Crippen LogP contribution in [0.2, 0.25) is 11.6 Å². The molecule has 0 amide bonds. The van der Waals surface area contributed by atoms with Crippen molar-refractivity contribution in [3.05, 3.63) is 81.9 Å². The van der Waals surface area contributed by atoms with Crippen molar-refractivity contribution in [1.29, 1.82) is 0 Å². The quantitative estimate of drug-likeness (QED) is 0.496. The molecule has 0 nitrogen and oxygen atoms in total. The van der Waals surface area contributed by atoms with Gasteiger partial charge in [0.15, 0.2) is 0 Å². The third-order valence-electron chi connectivity index (χ3n) is 7.01. The maximum absolute atomic E-state index is 2.67. The molecule has 2 aromatic rings. The van der Waals surface area contributed by atoms with Crippen LogP contribution in [0.5, 0.6) is 0 Å². The van der Waals surface area contributed by atoms with E-state index in [0.29, 0.717) is 16.1 Å². The topological polar surface area (TPSA) is 0 Å². The van der Waals surface area contributed by atoms with Gasteiger partial charge in [0.05, 0.1) is 8.07 Å². The van der Waals surface area contributed by atoms with Gasteiger partial charge in [-0.3, -0.25) is 0 Å². The minimum Gasteiger partial charge on any atom is -0.0673 e. The van der Waals surface area contributed by atoms with Crippen molar-refractivity contribution in [2.75, 3.05) is 0 Å². The zero-order valence-corrected chi connectivity index (χ0v) is 15.9. The minimum absolute atomic E-state index is 0.353. The highest BCUT2D eigenvalue weighted by atomic mass is 28.3. The number of hydrogen-bond donors (Lipinski definition) is 0.